The topological polar surface area (TPSA) is 93.1 Å². The third kappa shape index (κ3) is 5.49. The van der Waals surface area contributed by atoms with E-state index in [1.54, 1.807) is 47.4 Å². The number of aliphatic hydroxyl groups excluding tert-OH is 1. The van der Waals surface area contributed by atoms with Gasteiger partial charge in [0.25, 0.3) is 5.91 Å². The smallest absolute Gasteiger partial charge is 0.254 e. The number of sulfone groups is 1. The van der Waals surface area contributed by atoms with E-state index in [2.05, 4.69) is 0 Å². The zero-order chi connectivity index (χ0) is 25.2. The third-order valence-electron chi connectivity index (χ3n) is 6.09. The van der Waals surface area contributed by atoms with Crippen LogP contribution in [-0.4, -0.2) is 56.7 Å². The second-order valence-corrected chi connectivity index (χ2v) is 10.8. The maximum absolute atomic E-state index is 13.0. The quantitative estimate of drug-likeness (QED) is 0.539. The molecule has 1 heterocycles. The first-order valence-electron chi connectivity index (χ1n) is 11.3. The lowest BCUT2D eigenvalue weighted by Crippen LogP contribution is -2.31. The van der Waals surface area contributed by atoms with E-state index in [1.807, 2.05) is 32.0 Å². The molecule has 1 N–H and O–H groups in total. The summed E-state index contributed by atoms with van der Waals surface area (Å²) in [6.45, 7) is 4.22. The first kappa shape index (κ1) is 24.8. The minimum Gasteiger partial charge on any atom is -0.495 e. The second kappa shape index (κ2) is 10.1. The Balaban J connectivity index is 1.47. The average molecular weight is 496 g/mol. The predicted molar refractivity (Wildman–Crippen MR) is 133 cm³/mol. The van der Waals surface area contributed by atoms with Gasteiger partial charge in [-0.15, -0.1) is 0 Å². The van der Waals surface area contributed by atoms with Crippen molar-refractivity contribution in [2.45, 2.75) is 36.7 Å². The molecule has 2 unspecified atom stereocenters. The Labute approximate surface area is 205 Å². The Morgan fingerprint density at radius 2 is 1.80 bits per heavy atom. The van der Waals surface area contributed by atoms with E-state index in [0.29, 0.717) is 22.6 Å². The van der Waals surface area contributed by atoms with Crippen LogP contribution in [0.1, 0.15) is 27.0 Å². The highest BCUT2D eigenvalue weighted by atomic mass is 32.2. The summed E-state index contributed by atoms with van der Waals surface area (Å²) in [5.74, 6) is 0.355. The molecule has 184 valence electrons. The lowest BCUT2D eigenvalue weighted by atomic mass is 10.0. The molecule has 35 heavy (non-hydrogen) atoms. The number of methoxy groups -OCH3 is 1. The van der Waals surface area contributed by atoms with Crippen LogP contribution < -0.4 is 9.47 Å². The Bertz CT molecular complexity index is 1340. The number of aliphatic hydroxyl groups is 1. The van der Waals surface area contributed by atoms with Crippen LogP contribution in [0.25, 0.3) is 0 Å². The van der Waals surface area contributed by atoms with Crippen LogP contribution in [0.15, 0.2) is 71.6 Å². The summed E-state index contributed by atoms with van der Waals surface area (Å²) in [5.41, 5.74) is 3.03. The van der Waals surface area contributed by atoms with Crippen molar-refractivity contribution in [1.29, 1.82) is 0 Å². The highest BCUT2D eigenvalue weighted by Crippen LogP contribution is 2.28. The van der Waals surface area contributed by atoms with E-state index in [4.69, 9.17) is 9.47 Å². The Morgan fingerprint density at radius 1 is 1.03 bits per heavy atom. The Hall–Kier alpha value is -3.36. The number of benzene rings is 3. The van der Waals surface area contributed by atoms with Crippen LogP contribution in [0.4, 0.5) is 0 Å². The number of nitrogens with zero attached hydrogens (tertiary/aromatic N) is 1. The highest BCUT2D eigenvalue weighted by Gasteiger charge is 2.36. The fourth-order valence-corrected chi connectivity index (χ4v) is 5.75. The molecule has 1 amide bonds. The van der Waals surface area contributed by atoms with Crippen molar-refractivity contribution in [2.75, 3.05) is 20.2 Å². The summed E-state index contributed by atoms with van der Waals surface area (Å²) in [6, 6.07) is 19.0. The van der Waals surface area contributed by atoms with Crippen molar-refractivity contribution in [3.63, 3.8) is 0 Å². The van der Waals surface area contributed by atoms with Crippen LogP contribution >= 0.6 is 0 Å². The van der Waals surface area contributed by atoms with Crippen molar-refractivity contribution in [2.24, 2.45) is 0 Å². The SMILES string of the molecule is COc1ccccc1S(=O)(=O)Cc1cccc(OC2CN(C(=O)c3cc(C)ccc3C)CC2O)c1. The molecule has 7 nitrogen and oxygen atoms in total. The molecule has 0 bridgehead atoms. The van der Waals surface area contributed by atoms with Gasteiger partial charge >= 0.3 is 0 Å². The molecule has 1 fully saturated rings. The molecule has 3 aromatic carbocycles. The molecular weight excluding hydrogens is 466 g/mol. The van der Waals surface area contributed by atoms with Gasteiger partial charge in [-0.05, 0) is 55.3 Å². The van der Waals surface area contributed by atoms with Gasteiger partial charge in [-0.1, -0.05) is 42.0 Å². The number of aryl methyl sites for hydroxylation is 2. The Kier molecular flexibility index (Phi) is 7.14. The van der Waals surface area contributed by atoms with Crippen LogP contribution in [0.5, 0.6) is 11.5 Å². The highest BCUT2D eigenvalue weighted by molar-refractivity contribution is 7.90. The van der Waals surface area contributed by atoms with Gasteiger partial charge < -0.3 is 19.5 Å². The van der Waals surface area contributed by atoms with E-state index in [1.165, 1.54) is 13.2 Å². The second-order valence-electron chi connectivity index (χ2n) is 8.81. The fraction of sp³-hybridized carbons (Fsp3) is 0.296. The van der Waals surface area contributed by atoms with Crippen molar-refractivity contribution in [3.05, 3.63) is 89.0 Å². The largest absolute Gasteiger partial charge is 0.495 e. The lowest BCUT2D eigenvalue weighted by Gasteiger charge is -2.19. The van der Waals surface area contributed by atoms with Crippen LogP contribution in [0.2, 0.25) is 0 Å². The van der Waals surface area contributed by atoms with Crippen LogP contribution in [0.3, 0.4) is 0 Å². The number of hydrogen-bond acceptors (Lipinski definition) is 6. The van der Waals surface area contributed by atoms with Gasteiger partial charge in [0.05, 0.1) is 26.0 Å². The monoisotopic (exact) mass is 495 g/mol. The standard InChI is InChI=1S/C27H29NO6S/c1-18-11-12-19(2)22(13-18)27(30)28-15-23(29)25(16-28)34-21-8-6-7-20(14-21)17-35(31,32)26-10-5-4-9-24(26)33-3/h4-14,23,25,29H,15-17H2,1-3H3. The lowest BCUT2D eigenvalue weighted by molar-refractivity contribution is 0.0729. The summed E-state index contributed by atoms with van der Waals surface area (Å²) >= 11 is 0. The normalized spacial score (nSPS) is 17.9. The van der Waals surface area contributed by atoms with Gasteiger partial charge in [-0.25, -0.2) is 8.42 Å². The van der Waals surface area contributed by atoms with Crippen LogP contribution in [-0.2, 0) is 15.6 Å². The first-order chi connectivity index (χ1) is 16.7. The molecule has 0 aromatic heterocycles. The summed E-state index contributed by atoms with van der Waals surface area (Å²) in [6.07, 6.45) is -1.48. The van der Waals surface area contributed by atoms with E-state index in [9.17, 15) is 18.3 Å². The van der Waals surface area contributed by atoms with E-state index in [-0.39, 0.29) is 29.6 Å². The van der Waals surface area contributed by atoms with E-state index < -0.39 is 22.0 Å². The number of carbonyl (C=O) groups is 1. The summed E-state index contributed by atoms with van der Waals surface area (Å²) in [7, 11) is -2.22. The molecule has 0 saturated carbocycles. The molecule has 1 saturated heterocycles. The number of carbonyl (C=O) groups excluding carboxylic acids is 1. The molecule has 0 radical (unpaired) electrons. The molecule has 3 aromatic rings. The van der Waals surface area contributed by atoms with Crippen molar-refractivity contribution in [3.8, 4) is 11.5 Å². The molecule has 1 aliphatic heterocycles. The molecule has 4 rings (SSSR count). The van der Waals surface area contributed by atoms with Gasteiger partial charge in [0.1, 0.15) is 28.6 Å². The molecule has 0 aliphatic carbocycles. The maximum atomic E-state index is 13.0. The first-order valence-corrected chi connectivity index (χ1v) is 13.0. The predicted octanol–water partition coefficient (Wildman–Crippen LogP) is 3.55. The Morgan fingerprint density at radius 3 is 2.57 bits per heavy atom. The average Bonchev–Trinajstić information content (AvgIpc) is 3.20. The fourth-order valence-electron chi connectivity index (χ4n) is 4.23. The number of β-amino-alcohol motifs (C(OH)–C–C–N with tert-alkyl or cyclic N) is 1. The number of amides is 1. The maximum Gasteiger partial charge on any atom is 0.254 e. The summed E-state index contributed by atoms with van der Waals surface area (Å²) in [4.78, 5) is 14.8. The molecule has 0 spiro atoms. The number of rotatable bonds is 7. The minimum atomic E-state index is -3.65. The number of likely N-dealkylation sites (tertiary alicyclic amines) is 1. The van der Waals surface area contributed by atoms with E-state index in [0.717, 1.165) is 11.1 Å². The molecule has 8 heteroatoms. The van der Waals surface area contributed by atoms with Gasteiger partial charge in [0, 0.05) is 5.56 Å². The van der Waals surface area contributed by atoms with Crippen molar-refractivity contribution in [1.82, 2.24) is 4.90 Å². The van der Waals surface area contributed by atoms with Crippen LogP contribution in [0, 0.1) is 13.8 Å². The zero-order valence-electron chi connectivity index (χ0n) is 20.0. The summed E-state index contributed by atoms with van der Waals surface area (Å²) < 4.78 is 37.2. The van der Waals surface area contributed by atoms with E-state index >= 15 is 0 Å². The third-order valence-corrected chi connectivity index (χ3v) is 7.82. The number of para-hydroxylation sites is 1. The van der Waals surface area contributed by atoms with Gasteiger partial charge in [-0.3, -0.25) is 4.79 Å². The molecule has 2 atom stereocenters. The summed E-state index contributed by atoms with van der Waals surface area (Å²) in [5, 5.41) is 10.6. The van der Waals surface area contributed by atoms with Gasteiger partial charge in [0.15, 0.2) is 9.84 Å². The van der Waals surface area contributed by atoms with Gasteiger partial charge in [-0.2, -0.15) is 0 Å². The molecular formula is C27H29NO6S. The van der Waals surface area contributed by atoms with Gasteiger partial charge in [0.2, 0.25) is 0 Å². The van der Waals surface area contributed by atoms with Crippen molar-refractivity contribution < 1.29 is 27.8 Å². The van der Waals surface area contributed by atoms with Crippen molar-refractivity contribution >= 4 is 15.7 Å². The molecule has 1 aliphatic rings. The minimum absolute atomic E-state index is 0.126. The number of ether oxygens (including phenoxy) is 2. The number of hydrogen-bond donors (Lipinski definition) is 1. The zero-order valence-corrected chi connectivity index (χ0v) is 20.8.